The molecule has 0 fully saturated rings. The van der Waals surface area contributed by atoms with Gasteiger partial charge in [-0.3, -0.25) is 0 Å². The number of benzene rings is 3. The fourth-order valence-electron chi connectivity index (χ4n) is 3.53. The predicted octanol–water partition coefficient (Wildman–Crippen LogP) is 6.30. The second kappa shape index (κ2) is 6.82. The summed E-state index contributed by atoms with van der Waals surface area (Å²) in [5.41, 5.74) is 6.06. The van der Waals surface area contributed by atoms with Gasteiger partial charge in [0.15, 0.2) is 5.76 Å². The van der Waals surface area contributed by atoms with Crippen LogP contribution < -0.4 is 4.90 Å². The van der Waals surface area contributed by atoms with Crippen LogP contribution in [-0.2, 0) is 6.54 Å². The van der Waals surface area contributed by atoms with Crippen molar-refractivity contribution in [1.29, 1.82) is 0 Å². The Hall–Kier alpha value is -3.66. The molecule has 1 aliphatic rings. The van der Waals surface area contributed by atoms with E-state index in [-0.39, 0.29) is 5.82 Å². The molecule has 4 heteroatoms. The second-order valence-corrected chi connectivity index (χ2v) is 6.72. The van der Waals surface area contributed by atoms with E-state index in [1.165, 1.54) is 12.1 Å². The molecule has 0 aliphatic carbocycles. The zero-order chi connectivity index (χ0) is 18.9. The van der Waals surface area contributed by atoms with Gasteiger partial charge >= 0.3 is 0 Å². The molecule has 5 rings (SSSR count). The summed E-state index contributed by atoms with van der Waals surface area (Å²) in [6.07, 6.45) is 4.27. The van der Waals surface area contributed by atoms with Gasteiger partial charge in [-0.05, 0) is 47.5 Å². The third kappa shape index (κ3) is 2.99. The van der Waals surface area contributed by atoms with Gasteiger partial charge in [-0.25, -0.2) is 4.39 Å². The fourth-order valence-corrected chi connectivity index (χ4v) is 3.53. The molecular weight excluding hydrogens is 351 g/mol. The molecule has 2 heterocycles. The number of anilines is 2. The van der Waals surface area contributed by atoms with E-state index in [0.717, 1.165) is 33.8 Å². The largest absolute Gasteiger partial charge is 0.359 e. The molecule has 0 bridgehead atoms. The maximum Gasteiger partial charge on any atom is 0.157 e. The van der Waals surface area contributed by atoms with Crippen molar-refractivity contribution < 1.29 is 8.91 Å². The lowest BCUT2D eigenvalue weighted by Gasteiger charge is -2.25. The van der Waals surface area contributed by atoms with Crippen molar-refractivity contribution in [2.45, 2.75) is 6.54 Å². The van der Waals surface area contributed by atoms with E-state index in [9.17, 15) is 4.39 Å². The standard InChI is InChI=1S/C24H17FN2O/c25-20-13-11-17(12-14-20)22-15-21(28-26-22)16-27-23-7-3-1-5-18(23)9-10-19-6-2-4-8-24(19)27/h1-15H,16H2. The Morgan fingerprint density at radius 3 is 2.04 bits per heavy atom. The molecular formula is C24H17FN2O. The Labute approximate surface area is 162 Å². The van der Waals surface area contributed by atoms with Crippen LogP contribution in [0.2, 0.25) is 0 Å². The van der Waals surface area contributed by atoms with Gasteiger partial charge in [0.2, 0.25) is 0 Å². The molecule has 0 N–H and O–H groups in total. The molecule has 136 valence electrons. The molecule has 1 aromatic heterocycles. The van der Waals surface area contributed by atoms with Crippen molar-refractivity contribution in [3.63, 3.8) is 0 Å². The van der Waals surface area contributed by atoms with Crippen LogP contribution in [0.4, 0.5) is 15.8 Å². The lowest BCUT2D eigenvalue weighted by molar-refractivity contribution is 0.386. The number of hydrogen-bond acceptors (Lipinski definition) is 3. The van der Waals surface area contributed by atoms with Gasteiger partial charge in [0, 0.05) is 23.0 Å². The Morgan fingerprint density at radius 1 is 0.786 bits per heavy atom. The van der Waals surface area contributed by atoms with Gasteiger partial charge in [-0.2, -0.15) is 0 Å². The van der Waals surface area contributed by atoms with Crippen molar-refractivity contribution in [3.8, 4) is 11.3 Å². The molecule has 28 heavy (non-hydrogen) atoms. The molecule has 0 amide bonds. The van der Waals surface area contributed by atoms with Crippen LogP contribution in [0.3, 0.4) is 0 Å². The van der Waals surface area contributed by atoms with Crippen LogP contribution in [0, 0.1) is 5.82 Å². The van der Waals surface area contributed by atoms with E-state index in [1.54, 1.807) is 12.1 Å². The van der Waals surface area contributed by atoms with E-state index < -0.39 is 0 Å². The third-order valence-corrected chi connectivity index (χ3v) is 4.91. The number of rotatable bonds is 3. The summed E-state index contributed by atoms with van der Waals surface area (Å²) in [6.45, 7) is 0.546. The summed E-state index contributed by atoms with van der Waals surface area (Å²) >= 11 is 0. The first-order valence-electron chi connectivity index (χ1n) is 9.13. The third-order valence-electron chi connectivity index (χ3n) is 4.91. The van der Waals surface area contributed by atoms with Gasteiger partial charge in [0.25, 0.3) is 0 Å². The summed E-state index contributed by atoms with van der Waals surface area (Å²) < 4.78 is 18.8. The van der Waals surface area contributed by atoms with Gasteiger partial charge in [-0.15, -0.1) is 0 Å². The Bertz CT molecular complexity index is 1110. The van der Waals surface area contributed by atoms with Gasteiger partial charge in [0.05, 0.1) is 6.54 Å². The van der Waals surface area contributed by atoms with Crippen molar-refractivity contribution in [3.05, 3.63) is 102 Å². The van der Waals surface area contributed by atoms with Crippen LogP contribution in [-0.4, -0.2) is 5.16 Å². The summed E-state index contributed by atoms with van der Waals surface area (Å²) in [5, 5.41) is 4.18. The SMILES string of the molecule is Fc1ccc(-c2cc(CN3c4ccccc4C=Cc4ccccc43)on2)cc1. The van der Waals surface area contributed by atoms with E-state index in [0.29, 0.717) is 12.2 Å². The molecule has 0 saturated heterocycles. The quantitative estimate of drug-likeness (QED) is 0.425. The van der Waals surface area contributed by atoms with E-state index in [2.05, 4.69) is 46.5 Å². The molecule has 0 saturated carbocycles. The normalized spacial score (nSPS) is 12.4. The highest BCUT2D eigenvalue weighted by Gasteiger charge is 2.20. The van der Waals surface area contributed by atoms with Gasteiger partial charge in [0.1, 0.15) is 11.5 Å². The Morgan fingerprint density at radius 2 is 1.39 bits per heavy atom. The van der Waals surface area contributed by atoms with Crippen molar-refractivity contribution in [2.24, 2.45) is 0 Å². The molecule has 3 aromatic carbocycles. The molecule has 3 nitrogen and oxygen atoms in total. The van der Waals surface area contributed by atoms with Gasteiger partial charge in [-0.1, -0.05) is 53.7 Å². The Kier molecular flexibility index (Phi) is 4.02. The van der Waals surface area contributed by atoms with E-state index in [4.69, 9.17) is 4.52 Å². The van der Waals surface area contributed by atoms with Crippen molar-refractivity contribution in [2.75, 3.05) is 4.90 Å². The average Bonchev–Trinajstić information content (AvgIpc) is 3.14. The molecule has 1 aliphatic heterocycles. The summed E-state index contributed by atoms with van der Waals surface area (Å²) in [4.78, 5) is 2.24. The second-order valence-electron chi connectivity index (χ2n) is 6.72. The maximum atomic E-state index is 13.2. The number of fused-ring (bicyclic) bond motifs is 2. The predicted molar refractivity (Wildman–Crippen MR) is 110 cm³/mol. The van der Waals surface area contributed by atoms with Crippen LogP contribution in [0.5, 0.6) is 0 Å². The minimum absolute atomic E-state index is 0.266. The highest BCUT2D eigenvalue weighted by Crippen LogP contribution is 2.37. The minimum Gasteiger partial charge on any atom is -0.359 e. The number of nitrogens with zero attached hydrogens (tertiary/aromatic N) is 2. The van der Waals surface area contributed by atoms with Crippen LogP contribution >= 0.6 is 0 Å². The lowest BCUT2D eigenvalue weighted by Crippen LogP contribution is -2.17. The van der Waals surface area contributed by atoms with Crippen LogP contribution in [0.1, 0.15) is 16.9 Å². The summed E-state index contributed by atoms with van der Waals surface area (Å²) in [5.74, 6) is 0.476. The fraction of sp³-hybridized carbons (Fsp3) is 0.0417. The number of aromatic nitrogens is 1. The number of para-hydroxylation sites is 2. The lowest BCUT2D eigenvalue weighted by atomic mass is 10.1. The number of halogens is 1. The van der Waals surface area contributed by atoms with E-state index in [1.807, 2.05) is 30.3 Å². The summed E-state index contributed by atoms with van der Waals surface area (Å²) in [6, 6.07) is 24.8. The first-order chi connectivity index (χ1) is 13.8. The molecule has 0 spiro atoms. The van der Waals surface area contributed by atoms with Crippen molar-refractivity contribution in [1.82, 2.24) is 5.16 Å². The molecule has 0 unspecified atom stereocenters. The Balaban J connectivity index is 1.53. The topological polar surface area (TPSA) is 29.3 Å². The zero-order valence-electron chi connectivity index (χ0n) is 15.0. The van der Waals surface area contributed by atoms with Crippen molar-refractivity contribution >= 4 is 23.5 Å². The molecule has 0 atom stereocenters. The van der Waals surface area contributed by atoms with E-state index >= 15 is 0 Å². The number of hydrogen-bond donors (Lipinski definition) is 0. The molecule has 0 radical (unpaired) electrons. The van der Waals surface area contributed by atoms with Crippen LogP contribution in [0.15, 0.2) is 83.4 Å². The average molecular weight is 368 g/mol. The maximum absolute atomic E-state index is 13.2. The van der Waals surface area contributed by atoms with Gasteiger partial charge < -0.3 is 9.42 Å². The highest BCUT2D eigenvalue weighted by atomic mass is 19.1. The van der Waals surface area contributed by atoms with Crippen LogP contribution in [0.25, 0.3) is 23.4 Å². The first kappa shape index (κ1) is 16.5. The minimum atomic E-state index is -0.266. The smallest absolute Gasteiger partial charge is 0.157 e. The zero-order valence-corrected chi connectivity index (χ0v) is 15.0. The first-order valence-corrected chi connectivity index (χ1v) is 9.13. The monoisotopic (exact) mass is 368 g/mol. The highest BCUT2D eigenvalue weighted by molar-refractivity contribution is 5.88. The summed E-state index contributed by atoms with van der Waals surface area (Å²) in [7, 11) is 0. The molecule has 4 aromatic rings.